The van der Waals surface area contributed by atoms with Gasteiger partial charge in [-0.15, -0.1) is 11.3 Å². The fraction of sp³-hybridized carbons (Fsp3) is 0.789. The topological polar surface area (TPSA) is 62.2 Å². The first-order chi connectivity index (χ1) is 11.6. The van der Waals surface area contributed by atoms with E-state index in [1.54, 1.807) is 16.8 Å². The molecule has 4 bridgehead atoms. The number of rotatable bonds is 7. The van der Waals surface area contributed by atoms with Crippen LogP contribution in [-0.2, 0) is 17.6 Å². The molecule has 1 aromatic heterocycles. The summed E-state index contributed by atoms with van der Waals surface area (Å²) >= 11 is 1.64. The summed E-state index contributed by atoms with van der Waals surface area (Å²) in [5.41, 5.74) is 3.13. The van der Waals surface area contributed by atoms with Crippen molar-refractivity contribution in [3.05, 3.63) is 16.1 Å². The Morgan fingerprint density at radius 1 is 1.21 bits per heavy atom. The molecule has 24 heavy (non-hydrogen) atoms. The van der Waals surface area contributed by atoms with Crippen molar-refractivity contribution in [1.82, 2.24) is 10.5 Å². The molecule has 5 rings (SSSR count). The summed E-state index contributed by atoms with van der Waals surface area (Å²) in [5, 5.41) is 11.6. The fourth-order valence-electron chi connectivity index (χ4n) is 6.12. The molecule has 1 heterocycles. The largest absolute Gasteiger partial charge is 0.289 e. The molecule has 0 aromatic carbocycles. The van der Waals surface area contributed by atoms with Gasteiger partial charge in [-0.1, -0.05) is 6.42 Å². The third-order valence-corrected chi connectivity index (χ3v) is 7.54. The minimum absolute atomic E-state index is 0.167. The Morgan fingerprint density at radius 3 is 2.50 bits per heavy atom. The first kappa shape index (κ1) is 16.5. The number of nitrogens with zero attached hydrogens (tertiary/aromatic N) is 1. The maximum absolute atomic E-state index is 11.2. The van der Waals surface area contributed by atoms with Crippen molar-refractivity contribution >= 4 is 17.2 Å². The summed E-state index contributed by atoms with van der Waals surface area (Å²) in [5.74, 6) is 2.76. The number of hydrogen-bond donors (Lipinski definition) is 2. The fourth-order valence-corrected chi connectivity index (χ4v) is 6.96. The van der Waals surface area contributed by atoms with Gasteiger partial charge in [-0.3, -0.25) is 10.0 Å². The Bertz CT molecular complexity index is 563. The van der Waals surface area contributed by atoms with Crippen LogP contribution in [0.2, 0.25) is 0 Å². The van der Waals surface area contributed by atoms with E-state index in [0.29, 0.717) is 5.41 Å². The van der Waals surface area contributed by atoms with Crippen molar-refractivity contribution < 1.29 is 10.0 Å². The molecule has 0 saturated heterocycles. The highest BCUT2D eigenvalue weighted by Crippen LogP contribution is 2.61. The lowest BCUT2D eigenvalue weighted by atomic mass is 9.48. The number of aromatic nitrogens is 1. The highest BCUT2D eigenvalue weighted by atomic mass is 32.1. The van der Waals surface area contributed by atoms with Gasteiger partial charge in [0, 0.05) is 5.38 Å². The van der Waals surface area contributed by atoms with Crippen LogP contribution < -0.4 is 5.48 Å². The third kappa shape index (κ3) is 3.52. The molecule has 1 amide bonds. The SMILES string of the molecule is O=C(Cc1csc(CCCCC23CC4CC(CC(C4)C2)C3)n1)NO. The van der Waals surface area contributed by atoms with Crippen molar-refractivity contribution in [2.24, 2.45) is 23.2 Å². The standard InChI is InChI=1S/C19H28N2O2S/c22-17(21-23)8-16-12-24-18(20-16)3-1-2-4-19-9-13-5-14(10-19)7-15(6-13)11-19/h12-15,23H,1-11H2,(H,21,22). The van der Waals surface area contributed by atoms with Gasteiger partial charge < -0.3 is 0 Å². The van der Waals surface area contributed by atoms with Gasteiger partial charge >= 0.3 is 0 Å². The van der Waals surface area contributed by atoms with Gasteiger partial charge in [0.15, 0.2) is 0 Å². The number of aryl methyl sites for hydroxylation is 1. The molecular formula is C19H28N2O2S. The molecule has 1 aromatic rings. The van der Waals surface area contributed by atoms with Crippen LogP contribution in [0.3, 0.4) is 0 Å². The number of hydrogen-bond acceptors (Lipinski definition) is 4. The Morgan fingerprint density at radius 2 is 1.88 bits per heavy atom. The molecule has 0 unspecified atom stereocenters. The second-order valence-corrected chi connectivity index (χ2v) is 9.51. The lowest BCUT2D eigenvalue weighted by Crippen LogP contribution is -2.45. The second kappa shape index (κ2) is 6.75. The Balaban J connectivity index is 1.23. The number of thiazole rings is 1. The van der Waals surface area contributed by atoms with Gasteiger partial charge in [-0.05, 0) is 81.0 Å². The number of nitrogens with one attached hydrogen (secondary N) is 1. The van der Waals surface area contributed by atoms with Crippen LogP contribution >= 0.6 is 11.3 Å². The van der Waals surface area contributed by atoms with Gasteiger partial charge in [0.05, 0.1) is 17.1 Å². The quantitative estimate of drug-likeness (QED) is 0.443. The van der Waals surface area contributed by atoms with Crippen LogP contribution in [0.4, 0.5) is 0 Å². The second-order valence-electron chi connectivity index (χ2n) is 8.57. The summed E-state index contributed by atoms with van der Waals surface area (Å²) in [7, 11) is 0. The van der Waals surface area contributed by atoms with Crippen LogP contribution in [0.25, 0.3) is 0 Å². The molecule has 0 atom stereocenters. The van der Waals surface area contributed by atoms with Gasteiger partial charge in [0.25, 0.3) is 0 Å². The molecule has 4 aliphatic rings. The minimum atomic E-state index is -0.395. The lowest BCUT2D eigenvalue weighted by Gasteiger charge is -2.57. The molecule has 0 spiro atoms. The predicted octanol–water partition coefficient (Wildman–Crippen LogP) is 4.12. The smallest absolute Gasteiger partial charge is 0.249 e. The molecule has 132 valence electrons. The Kier molecular flexibility index (Phi) is 4.65. The summed E-state index contributed by atoms with van der Waals surface area (Å²) < 4.78 is 0. The van der Waals surface area contributed by atoms with E-state index in [2.05, 4.69) is 4.98 Å². The van der Waals surface area contributed by atoms with E-state index in [4.69, 9.17) is 5.21 Å². The number of amides is 1. The molecule has 4 saturated carbocycles. The predicted molar refractivity (Wildman–Crippen MR) is 93.9 cm³/mol. The number of hydroxylamine groups is 1. The Labute approximate surface area is 148 Å². The zero-order chi connectivity index (χ0) is 16.6. The third-order valence-electron chi connectivity index (χ3n) is 6.58. The average Bonchev–Trinajstić information content (AvgIpc) is 2.97. The summed E-state index contributed by atoms with van der Waals surface area (Å²) in [6.45, 7) is 0. The normalized spacial score (nSPS) is 33.8. The zero-order valence-corrected chi connectivity index (χ0v) is 15.1. The van der Waals surface area contributed by atoms with Crippen LogP contribution in [0, 0.1) is 23.2 Å². The van der Waals surface area contributed by atoms with Crippen molar-refractivity contribution in [2.75, 3.05) is 0 Å². The maximum atomic E-state index is 11.2. The molecule has 4 nitrogen and oxygen atoms in total. The van der Waals surface area contributed by atoms with Gasteiger partial charge in [0.1, 0.15) is 0 Å². The van der Waals surface area contributed by atoms with Crippen molar-refractivity contribution in [3.8, 4) is 0 Å². The first-order valence-corrected chi connectivity index (χ1v) is 10.4. The number of unbranched alkanes of at least 4 members (excludes halogenated alkanes) is 1. The average molecular weight is 349 g/mol. The van der Waals surface area contributed by atoms with Crippen molar-refractivity contribution in [1.29, 1.82) is 0 Å². The molecule has 0 radical (unpaired) electrons. The van der Waals surface area contributed by atoms with E-state index in [-0.39, 0.29) is 6.42 Å². The van der Waals surface area contributed by atoms with Crippen molar-refractivity contribution in [2.45, 2.75) is 70.6 Å². The Hall–Kier alpha value is -0.940. The van der Waals surface area contributed by atoms with Gasteiger partial charge in [0.2, 0.25) is 5.91 Å². The molecular weight excluding hydrogens is 320 g/mol. The molecule has 5 heteroatoms. The number of carbonyl (C=O) groups excluding carboxylic acids is 1. The maximum Gasteiger partial charge on any atom is 0.249 e. The molecule has 4 aliphatic carbocycles. The van der Waals surface area contributed by atoms with E-state index < -0.39 is 5.91 Å². The van der Waals surface area contributed by atoms with Crippen LogP contribution in [-0.4, -0.2) is 16.1 Å². The van der Waals surface area contributed by atoms with E-state index >= 15 is 0 Å². The van der Waals surface area contributed by atoms with Crippen molar-refractivity contribution in [3.63, 3.8) is 0 Å². The summed E-state index contributed by atoms with van der Waals surface area (Å²) in [4.78, 5) is 15.7. The van der Waals surface area contributed by atoms with E-state index in [1.807, 2.05) is 5.38 Å². The van der Waals surface area contributed by atoms with Crippen LogP contribution in [0.5, 0.6) is 0 Å². The van der Waals surface area contributed by atoms with E-state index in [1.165, 1.54) is 57.8 Å². The first-order valence-electron chi connectivity index (χ1n) is 9.50. The summed E-state index contributed by atoms with van der Waals surface area (Å²) in [6.07, 6.45) is 14.3. The molecule has 2 N–H and O–H groups in total. The van der Waals surface area contributed by atoms with Crippen LogP contribution in [0.1, 0.15) is 68.5 Å². The van der Waals surface area contributed by atoms with Crippen LogP contribution in [0.15, 0.2) is 5.38 Å². The number of carbonyl (C=O) groups is 1. The monoisotopic (exact) mass is 348 g/mol. The molecule has 4 fully saturated rings. The van der Waals surface area contributed by atoms with Gasteiger partial charge in [-0.2, -0.15) is 0 Å². The highest BCUT2D eigenvalue weighted by molar-refractivity contribution is 7.09. The van der Waals surface area contributed by atoms with E-state index in [9.17, 15) is 4.79 Å². The highest BCUT2D eigenvalue weighted by Gasteiger charge is 2.50. The minimum Gasteiger partial charge on any atom is -0.289 e. The van der Waals surface area contributed by atoms with E-state index in [0.717, 1.165) is 34.9 Å². The lowest BCUT2D eigenvalue weighted by molar-refractivity contribution is -0.128. The summed E-state index contributed by atoms with van der Waals surface area (Å²) in [6, 6.07) is 0. The zero-order valence-electron chi connectivity index (χ0n) is 14.3. The van der Waals surface area contributed by atoms with Gasteiger partial charge in [-0.25, -0.2) is 10.5 Å². The molecule has 0 aliphatic heterocycles.